The van der Waals surface area contributed by atoms with Gasteiger partial charge in [0.25, 0.3) is 0 Å². The fourth-order valence-corrected chi connectivity index (χ4v) is 2.97. The minimum Gasteiger partial charge on any atom is -0.375 e. The van der Waals surface area contributed by atoms with Crippen LogP contribution < -0.4 is 15.5 Å². The Bertz CT molecular complexity index is 576. The number of nitrogens with zero attached hydrogens (tertiary/aromatic N) is 3. The molecule has 0 aliphatic carbocycles. The predicted octanol–water partition coefficient (Wildman–Crippen LogP) is 4.08. The minimum atomic E-state index is -0.213. The number of aliphatic imine (C=N–C) groups is 1. The minimum absolute atomic E-state index is 0. The van der Waals surface area contributed by atoms with Crippen LogP contribution in [0.25, 0.3) is 0 Å². The van der Waals surface area contributed by atoms with E-state index in [1.165, 1.54) is 0 Å². The molecule has 2 N–H and O–H groups in total. The second-order valence-corrected chi connectivity index (χ2v) is 7.09. The van der Waals surface area contributed by atoms with Crippen LogP contribution in [0, 0.1) is 5.82 Å². The Hall–Kier alpha value is -1.09. The summed E-state index contributed by atoms with van der Waals surface area (Å²) in [5.74, 6) is 0.570. The predicted molar refractivity (Wildman–Crippen MR) is 131 cm³/mol. The lowest BCUT2D eigenvalue weighted by atomic mass is 10.1. The Balaban J connectivity index is 0.00000729. The highest BCUT2D eigenvalue weighted by atomic mass is 127. The van der Waals surface area contributed by atoms with Crippen molar-refractivity contribution in [1.82, 2.24) is 15.5 Å². The lowest BCUT2D eigenvalue weighted by molar-refractivity contribution is 0.292. The van der Waals surface area contributed by atoms with E-state index in [2.05, 4.69) is 41.3 Å². The van der Waals surface area contributed by atoms with Crippen LogP contribution in [0.5, 0.6) is 0 Å². The molecule has 0 bridgehead atoms. The van der Waals surface area contributed by atoms with E-state index in [-0.39, 0.29) is 29.8 Å². The summed E-state index contributed by atoms with van der Waals surface area (Å²) in [5.41, 5.74) is 1.46. The molecule has 0 saturated carbocycles. The number of hydrogen-bond donors (Lipinski definition) is 2. The normalized spacial score (nSPS) is 12.5. The van der Waals surface area contributed by atoms with E-state index >= 15 is 0 Å². The molecule has 1 rings (SSSR count). The molecule has 0 aliphatic heterocycles. The third-order valence-corrected chi connectivity index (χ3v) is 4.65. The molecule has 0 aliphatic rings. The van der Waals surface area contributed by atoms with Crippen molar-refractivity contribution < 1.29 is 4.39 Å². The lowest BCUT2D eigenvalue weighted by Crippen LogP contribution is -2.42. The van der Waals surface area contributed by atoms with Crippen LogP contribution in [0.15, 0.2) is 23.2 Å². The number of anilines is 1. The van der Waals surface area contributed by atoms with Gasteiger partial charge >= 0.3 is 0 Å². The van der Waals surface area contributed by atoms with Crippen molar-refractivity contribution in [3.05, 3.63) is 29.6 Å². The number of benzene rings is 1. The molecule has 0 aromatic heterocycles. The molecule has 7 heteroatoms. The SMILES string of the molecule is CCNC(=NCc1ccc(N(C)C)c(F)c1)NC(C)CCCN(CC)CC.I. The van der Waals surface area contributed by atoms with E-state index in [0.29, 0.717) is 18.3 Å². The number of hydrogen-bond acceptors (Lipinski definition) is 3. The molecule has 162 valence electrons. The first-order valence-corrected chi connectivity index (χ1v) is 10.1. The van der Waals surface area contributed by atoms with E-state index in [0.717, 1.165) is 50.5 Å². The highest BCUT2D eigenvalue weighted by Gasteiger charge is 2.08. The summed E-state index contributed by atoms with van der Waals surface area (Å²) in [5, 5.41) is 6.74. The summed E-state index contributed by atoms with van der Waals surface area (Å²) in [6.45, 7) is 13.2. The number of nitrogens with one attached hydrogen (secondary N) is 2. The Kier molecular flexibility index (Phi) is 14.3. The van der Waals surface area contributed by atoms with Gasteiger partial charge in [-0.15, -0.1) is 24.0 Å². The van der Waals surface area contributed by atoms with Gasteiger partial charge in [0.2, 0.25) is 0 Å². The van der Waals surface area contributed by atoms with Crippen molar-refractivity contribution in [1.29, 1.82) is 0 Å². The van der Waals surface area contributed by atoms with Crippen molar-refractivity contribution >= 4 is 35.6 Å². The maximum absolute atomic E-state index is 14.1. The van der Waals surface area contributed by atoms with Gasteiger partial charge in [0, 0.05) is 26.7 Å². The van der Waals surface area contributed by atoms with Crippen molar-refractivity contribution in [2.45, 2.75) is 53.1 Å². The zero-order valence-electron chi connectivity index (χ0n) is 18.4. The van der Waals surface area contributed by atoms with Gasteiger partial charge in [-0.3, -0.25) is 0 Å². The molecule has 0 heterocycles. The molecule has 5 nitrogen and oxygen atoms in total. The molecule has 1 atom stereocenters. The molecule has 28 heavy (non-hydrogen) atoms. The summed E-state index contributed by atoms with van der Waals surface area (Å²) in [6, 6.07) is 5.64. The molecule has 0 amide bonds. The molecule has 1 unspecified atom stereocenters. The van der Waals surface area contributed by atoms with Crippen molar-refractivity contribution in [2.75, 3.05) is 45.2 Å². The average Bonchev–Trinajstić information content (AvgIpc) is 2.63. The number of rotatable bonds is 11. The quantitative estimate of drug-likeness (QED) is 0.269. The Morgan fingerprint density at radius 2 is 1.86 bits per heavy atom. The van der Waals surface area contributed by atoms with Crippen LogP contribution in [-0.2, 0) is 6.54 Å². The zero-order valence-corrected chi connectivity index (χ0v) is 20.7. The van der Waals surface area contributed by atoms with Crippen molar-refractivity contribution in [3.63, 3.8) is 0 Å². The smallest absolute Gasteiger partial charge is 0.191 e. The van der Waals surface area contributed by atoms with Gasteiger partial charge in [-0.1, -0.05) is 19.9 Å². The first-order chi connectivity index (χ1) is 12.9. The molecule has 0 spiro atoms. The van der Waals surface area contributed by atoms with Crippen LogP contribution >= 0.6 is 24.0 Å². The average molecular weight is 507 g/mol. The van der Waals surface area contributed by atoms with E-state index in [1.807, 2.05) is 27.1 Å². The molecule has 0 fully saturated rings. The van der Waals surface area contributed by atoms with Crippen molar-refractivity contribution in [3.8, 4) is 0 Å². The maximum atomic E-state index is 14.1. The Labute approximate surface area is 188 Å². The summed E-state index contributed by atoms with van der Waals surface area (Å²) >= 11 is 0. The molecular formula is C21H39FIN5. The molecular weight excluding hydrogens is 468 g/mol. The standard InChI is InChI=1S/C21H38FN5.HI/c1-7-23-21(25-17(4)11-10-14-27(8-2)9-3)24-16-18-12-13-20(26(5)6)19(22)15-18;/h12-13,15,17H,7-11,14,16H2,1-6H3,(H2,23,24,25);1H. The second-order valence-electron chi connectivity index (χ2n) is 7.09. The van der Waals surface area contributed by atoms with Gasteiger partial charge in [-0.05, 0) is 64.0 Å². The monoisotopic (exact) mass is 507 g/mol. The molecule has 1 aromatic carbocycles. The van der Waals surface area contributed by atoms with E-state index in [9.17, 15) is 4.39 Å². The fraction of sp³-hybridized carbons (Fsp3) is 0.667. The molecule has 1 aromatic rings. The Morgan fingerprint density at radius 3 is 2.39 bits per heavy atom. The first-order valence-electron chi connectivity index (χ1n) is 10.1. The summed E-state index contributed by atoms with van der Waals surface area (Å²) < 4.78 is 14.1. The van der Waals surface area contributed by atoms with Gasteiger partial charge < -0.3 is 20.4 Å². The largest absolute Gasteiger partial charge is 0.375 e. The summed E-state index contributed by atoms with van der Waals surface area (Å²) in [7, 11) is 3.68. The van der Waals surface area contributed by atoms with Crippen LogP contribution in [0.1, 0.15) is 46.1 Å². The topological polar surface area (TPSA) is 42.9 Å². The van der Waals surface area contributed by atoms with Gasteiger partial charge in [0.15, 0.2) is 5.96 Å². The summed E-state index contributed by atoms with van der Waals surface area (Å²) in [6.07, 6.45) is 2.25. The van der Waals surface area contributed by atoms with Crippen LogP contribution in [0.4, 0.5) is 10.1 Å². The Morgan fingerprint density at radius 1 is 1.18 bits per heavy atom. The van der Waals surface area contributed by atoms with Crippen LogP contribution in [0.2, 0.25) is 0 Å². The number of halogens is 2. The van der Waals surface area contributed by atoms with Crippen molar-refractivity contribution in [2.24, 2.45) is 4.99 Å². The molecule has 0 radical (unpaired) electrons. The highest BCUT2D eigenvalue weighted by Crippen LogP contribution is 2.18. The zero-order chi connectivity index (χ0) is 20.2. The van der Waals surface area contributed by atoms with Crippen LogP contribution in [-0.4, -0.2) is 57.2 Å². The highest BCUT2D eigenvalue weighted by molar-refractivity contribution is 14.0. The third-order valence-electron chi connectivity index (χ3n) is 4.65. The fourth-order valence-electron chi connectivity index (χ4n) is 2.97. The van der Waals surface area contributed by atoms with Crippen LogP contribution in [0.3, 0.4) is 0 Å². The third kappa shape index (κ3) is 9.91. The van der Waals surface area contributed by atoms with Gasteiger partial charge in [0.05, 0.1) is 12.2 Å². The van der Waals surface area contributed by atoms with E-state index in [4.69, 9.17) is 0 Å². The second kappa shape index (κ2) is 14.8. The first kappa shape index (κ1) is 26.9. The van der Waals surface area contributed by atoms with Gasteiger partial charge in [0.1, 0.15) is 5.82 Å². The lowest BCUT2D eigenvalue weighted by Gasteiger charge is -2.21. The maximum Gasteiger partial charge on any atom is 0.191 e. The summed E-state index contributed by atoms with van der Waals surface area (Å²) in [4.78, 5) is 8.83. The van der Waals surface area contributed by atoms with E-state index < -0.39 is 0 Å². The molecule has 0 saturated heterocycles. The van der Waals surface area contributed by atoms with E-state index in [1.54, 1.807) is 17.0 Å². The number of guanidine groups is 1. The van der Waals surface area contributed by atoms with Gasteiger partial charge in [-0.25, -0.2) is 9.38 Å². The van der Waals surface area contributed by atoms with Gasteiger partial charge in [-0.2, -0.15) is 0 Å².